The third kappa shape index (κ3) is 2.59. The summed E-state index contributed by atoms with van der Waals surface area (Å²) in [5, 5.41) is 12.9. The highest BCUT2D eigenvalue weighted by molar-refractivity contribution is 9.10. The van der Waals surface area contributed by atoms with Crippen LogP contribution in [0.2, 0.25) is 0 Å². The summed E-state index contributed by atoms with van der Waals surface area (Å²) in [5.41, 5.74) is 8.76. The summed E-state index contributed by atoms with van der Waals surface area (Å²) in [5.74, 6) is 0.797. The first kappa shape index (κ1) is 15.5. The summed E-state index contributed by atoms with van der Waals surface area (Å²) >= 11 is 3.39. The Bertz CT molecular complexity index is 907. The first-order chi connectivity index (χ1) is 10.9. The van der Waals surface area contributed by atoms with Crippen LogP contribution in [0.5, 0.6) is 5.75 Å². The van der Waals surface area contributed by atoms with E-state index in [0.29, 0.717) is 28.2 Å². The number of anilines is 1. The van der Waals surface area contributed by atoms with E-state index >= 15 is 0 Å². The monoisotopic (exact) mass is 377 g/mol. The molecule has 8 heteroatoms. The van der Waals surface area contributed by atoms with E-state index in [-0.39, 0.29) is 5.95 Å². The molecule has 3 heterocycles. The van der Waals surface area contributed by atoms with Crippen molar-refractivity contribution in [2.45, 2.75) is 20.4 Å². The molecular formula is C15H16BrN5O2. The fourth-order valence-corrected chi connectivity index (χ4v) is 3.16. The first-order valence-electron chi connectivity index (χ1n) is 6.96. The summed E-state index contributed by atoms with van der Waals surface area (Å²) in [4.78, 5) is 8.38. The second-order valence-electron chi connectivity index (χ2n) is 5.28. The number of halogens is 1. The van der Waals surface area contributed by atoms with Crippen LogP contribution >= 0.6 is 15.9 Å². The Morgan fingerprint density at radius 3 is 2.83 bits per heavy atom. The number of nitrogen functional groups attached to an aromatic ring is 1. The van der Waals surface area contributed by atoms with Crippen molar-refractivity contribution in [3.63, 3.8) is 0 Å². The highest BCUT2D eigenvalue weighted by Gasteiger charge is 2.18. The standard InChI is InChI=1S/C15H16BrN5O2/c1-8-10(7-21(22)9(2)12(8)23-3)6-20-5-4-11-13(16)18-15(17)19-14(11)20/h4-5,7H,6H2,1-3H3,(H2,17,18,19). The molecule has 0 spiro atoms. The molecule has 0 aliphatic rings. The molecule has 3 rings (SSSR count). The number of nitrogens with two attached hydrogens (primary N) is 1. The van der Waals surface area contributed by atoms with Gasteiger partial charge in [-0.1, -0.05) is 0 Å². The Kier molecular flexibility index (Phi) is 3.85. The zero-order chi connectivity index (χ0) is 16.7. The highest BCUT2D eigenvalue weighted by atomic mass is 79.9. The van der Waals surface area contributed by atoms with Gasteiger partial charge in [0.15, 0.2) is 11.9 Å². The van der Waals surface area contributed by atoms with Crippen molar-refractivity contribution in [2.75, 3.05) is 12.8 Å². The third-order valence-corrected chi connectivity index (χ3v) is 4.49. The van der Waals surface area contributed by atoms with E-state index in [2.05, 4.69) is 25.9 Å². The quantitative estimate of drug-likeness (QED) is 0.428. The summed E-state index contributed by atoms with van der Waals surface area (Å²) in [6.07, 6.45) is 3.46. The molecule has 120 valence electrons. The van der Waals surface area contributed by atoms with E-state index in [9.17, 15) is 5.21 Å². The van der Waals surface area contributed by atoms with Crippen LogP contribution < -0.4 is 15.2 Å². The molecule has 0 fully saturated rings. The maximum atomic E-state index is 12.0. The van der Waals surface area contributed by atoms with Gasteiger partial charge in [0.05, 0.1) is 19.0 Å². The van der Waals surface area contributed by atoms with Crippen LogP contribution in [0, 0.1) is 19.1 Å². The number of pyridine rings is 1. The van der Waals surface area contributed by atoms with Gasteiger partial charge in [-0.05, 0) is 28.9 Å². The van der Waals surface area contributed by atoms with Crippen molar-refractivity contribution < 1.29 is 9.47 Å². The summed E-state index contributed by atoms with van der Waals surface area (Å²) in [6, 6.07) is 1.91. The number of aromatic nitrogens is 4. The van der Waals surface area contributed by atoms with Gasteiger partial charge in [0, 0.05) is 24.2 Å². The SMILES string of the molecule is COc1c(C)c(Cn2ccc3c(Br)nc(N)nc32)c[n+]([O-])c1C. The molecule has 23 heavy (non-hydrogen) atoms. The molecule has 0 bridgehead atoms. The molecule has 3 aromatic heterocycles. The Hall–Kier alpha value is -2.35. The summed E-state index contributed by atoms with van der Waals surface area (Å²) < 4.78 is 8.76. The van der Waals surface area contributed by atoms with E-state index in [1.54, 1.807) is 20.2 Å². The Balaban J connectivity index is 2.12. The number of rotatable bonds is 3. The second-order valence-corrected chi connectivity index (χ2v) is 6.03. The van der Waals surface area contributed by atoms with E-state index in [1.807, 2.05) is 23.8 Å². The van der Waals surface area contributed by atoms with Gasteiger partial charge < -0.3 is 20.2 Å². The molecule has 3 aromatic rings. The van der Waals surface area contributed by atoms with Crippen molar-refractivity contribution in [3.05, 3.63) is 45.1 Å². The molecule has 7 nitrogen and oxygen atoms in total. The fraction of sp³-hybridized carbons (Fsp3) is 0.267. The van der Waals surface area contributed by atoms with E-state index in [1.165, 1.54) is 0 Å². The molecular weight excluding hydrogens is 362 g/mol. The number of nitrogens with zero attached hydrogens (tertiary/aromatic N) is 4. The lowest BCUT2D eigenvalue weighted by atomic mass is 10.1. The van der Waals surface area contributed by atoms with Crippen LogP contribution in [0.25, 0.3) is 11.0 Å². The van der Waals surface area contributed by atoms with Crippen molar-refractivity contribution in [1.82, 2.24) is 14.5 Å². The van der Waals surface area contributed by atoms with Crippen molar-refractivity contribution >= 4 is 32.9 Å². The van der Waals surface area contributed by atoms with E-state index in [0.717, 1.165) is 21.2 Å². The van der Waals surface area contributed by atoms with Crippen molar-refractivity contribution in [2.24, 2.45) is 0 Å². The number of hydrogen-bond donors (Lipinski definition) is 1. The number of methoxy groups -OCH3 is 1. The molecule has 0 unspecified atom stereocenters. The lowest BCUT2D eigenvalue weighted by Gasteiger charge is -2.14. The van der Waals surface area contributed by atoms with E-state index < -0.39 is 0 Å². The van der Waals surface area contributed by atoms with Crippen LogP contribution in [0.3, 0.4) is 0 Å². The largest absolute Gasteiger partial charge is 0.618 e. The van der Waals surface area contributed by atoms with Crippen LogP contribution in [0.1, 0.15) is 16.8 Å². The van der Waals surface area contributed by atoms with Crippen LogP contribution in [0.4, 0.5) is 5.95 Å². The van der Waals surface area contributed by atoms with Gasteiger partial charge in [0.1, 0.15) is 10.3 Å². The Labute approximate surface area is 141 Å². The van der Waals surface area contributed by atoms with Crippen molar-refractivity contribution in [3.8, 4) is 5.75 Å². The molecule has 0 saturated carbocycles. The number of hydrogen-bond acceptors (Lipinski definition) is 5. The summed E-state index contributed by atoms with van der Waals surface area (Å²) in [7, 11) is 1.56. The average Bonchev–Trinajstić information content (AvgIpc) is 2.89. The minimum atomic E-state index is 0.196. The molecule has 0 atom stereocenters. The maximum absolute atomic E-state index is 12.0. The van der Waals surface area contributed by atoms with Gasteiger partial charge in [-0.3, -0.25) is 0 Å². The second kappa shape index (κ2) is 5.69. The van der Waals surface area contributed by atoms with Gasteiger partial charge >= 0.3 is 0 Å². The first-order valence-corrected chi connectivity index (χ1v) is 7.75. The van der Waals surface area contributed by atoms with Gasteiger partial charge in [-0.15, -0.1) is 0 Å². The maximum Gasteiger partial charge on any atom is 0.232 e. The third-order valence-electron chi connectivity index (χ3n) is 3.89. The lowest BCUT2D eigenvalue weighted by Crippen LogP contribution is -2.31. The zero-order valence-electron chi connectivity index (χ0n) is 13.0. The molecule has 0 aliphatic heterocycles. The normalized spacial score (nSPS) is 11.1. The Morgan fingerprint density at radius 2 is 2.13 bits per heavy atom. The average molecular weight is 378 g/mol. The topological polar surface area (TPSA) is 92.9 Å². The minimum Gasteiger partial charge on any atom is -0.618 e. The van der Waals surface area contributed by atoms with Crippen LogP contribution in [-0.2, 0) is 6.54 Å². The Morgan fingerprint density at radius 1 is 1.39 bits per heavy atom. The van der Waals surface area contributed by atoms with Gasteiger partial charge in [0.25, 0.3) is 0 Å². The molecule has 2 N–H and O–H groups in total. The fourth-order valence-electron chi connectivity index (χ4n) is 2.67. The van der Waals surface area contributed by atoms with Crippen molar-refractivity contribution in [1.29, 1.82) is 0 Å². The lowest BCUT2D eigenvalue weighted by molar-refractivity contribution is -0.613. The predicted molar refractivity (Wildman–Crippen MR) is 90.2 cm³/mol. The van der Waals surface area contributed by atoms with Gasteiger partial charge in [0.2, 0.25) is 11.6 Å². The predicted octanol–water partition coefficient (Wildman–Crippen LogP) is 2.08. The number of ether oxygens (including phenoxy) is 1. The molecule has 0 aliphatic carbocycles. The summed E-state index contributed by atoms with van der Waals surface area (Å²) in [6.45, 7) is 4.15. The molecule has 0 amide bonds. The van der Waals surface area contributed by atoms with Crippen LogP contribution in [0.15, 0.2) is 23.1 Å². The zero-order valence-corrected chi connectivity index (χ0v) is 14.6. The molecule has 0 saturated heterocycles. The molecule has 0 aromatic carbocycles. The minimum absolute atomic E-state index is 0.196. The van der Waals surface area contributed by atoms with Gasteiger partial charge in [-0.2, -0.15) is 9.71 Å². The van der Waals surface area contributed by atoms with E-state index in [4.69, 9.17) is 10.5 Å². The number of fused-ring (bicyclic) bond motifs is 1. The smallest absolute Gasteiger partial charge is 0.232 e. The van der Waals surface area contributed by atoms with Crippen LogP contribution in [-0.4, -0.2) is 21.6 Å². The highest BCUT2D eigenvalue weighted by Crippen LogP contribution is 2.26. The van der Waals surface area contributed by atoms with Gasteiger partial charge in [-0.25, -0.2) is 4.98 Å². The molecule has 0 radical (unpaired) electrons.